The molecule has 6 heteroatoms. The van der Waals surface area contributed by atoms with Crippen LogP contribution in [-0.4, -0.2) is 46.3 Å². The van der Waals surface area contributed by atoms with Gasteiger partial charge in [-0.05, 0) is 25.2 Å². The number of rotatable bonds is 4. The van der Waals surface area contributed by atoms with E-state index in [0.717, 1.165) is 5.69 Å². The predicted octanol–water partition coefficient (Wildman–Crippen LogP) is 1.58. The Bertz CT molecular complexity index is 493. The van der Waals surface area contributed by atoms with Gasteiger partial charge in [0, 0.05) is 25.2 Å². The lowest BCUT2D eigenvalue weighted by Crippen LogP contribution is -2.39. The predicted molar refractivity (Wildman–Crippen MR) is 81.6 cm³/mol. The molecular weight excluding hydrogens is 278 g/mol. The highest BCUT2D eigenvalue weighted by atomic mass is 35.5. The molecule has 20 heavy (non-hydrogen) atoms. The Labute approximate surface area is 124 Å². The van der Waals surface area contributed by atoms with Gasteiger partial charge in [-0.3, -0.25) is 4.79 Å². The van der Waals surface area contributed by atoms with Crippen molar-refractivity contribution in [2.24, 2.45) is 5.92 Å². The second kappa shape index (κ2) is 6.43. The van der Waals surface area contributed by atoms with E-state index in [1.165, 1.54) is 0 Å². The molecule has 0 radical (unpaired) electrons. The first-order valence-corrected chi connectivity index (χ1v) is 6.93. The third kappa shape index (κ3) is 3.23. The van der Waals surface area contributed by atoms with Crippen molar-refractivity contribution < 1.29 is 9.53 Å². The van der Waals surface area contributed by atoms with Gasteiger partial charge in [-0.1, -0.05) is 11.6 Å². The van der Waals surface area contributed by atoms with Crippen LogP contribution in [0.2, 0.25) is 5.02 Å². The van der Waals surface area contributed by atoms with E-state index in [1.54, 1.807) is 6.07 Å². The summed E-state index contributed by atoms with van der Waals surface area (Å²) in [4.78, 5) is 14.3. The molecule has 1 saturated heterocycles. The van der Waals surface area contributed by atoms with Gasteiger partial charge < -0.3 is 20.3 Å². The molecule has 0 saturated carbocycles. The SMILES string of the molecule is CNC1COCC1C(=O)Nc1cc(Cl)ccc1N(C)C. The van der Waals surface area contributed by atoms with Crippen LogP contribution in [-0.2, 0) is 9.53 Å². The summed E-state index contributed by atoms with van der Waals surface area (Å²) in [5, 5.41) is 6.66. The van der Waals surface area contributed by atoms with Crippen molar-refractivity contribution in [3.63, 3.8) is 0 Å². The number of amides is 1. The van der Waals surface area contributed by atoms with Gasteiger partial charge in [-0.25, -0.2) is 0 Å². The maximum absolute atomic E-state index is 12.4. The van der Waals surface area contributed by atoms with Crippen molar-refractivity contribution in [3.8, 4) is 0 Å². The summed E-state index contributed by atoms with van der Waals surface area (Å²) in [6.45, 7) is 1.000. The number of carbonyl (C=O) groups is 1. The molecule has 110 valence electrons. The third-order valence-electron chi connectivity index (χ3n) is 3.49. The Hall–Kier alpha value is -1.30. The number of nitrogens with one attached hydrogen (secondary N) is 2. The Kier molecular flexibility index (Phi) is 4.86. The summed E-state index contributed by atoms with van der Waals surface area (Å²) < 4.78 is 5.36. The zero-order valence-corrected chi connectivity index (χ0v) is 12.7. The summed E-state index contributed by atoms with van der Waals surface area (Å²) in [5.74, 6) is -0.235. The molecule has 1 aliphatic rings. The van der Waals surface area contributed by atoms with Gasteiger partial charge >= 0.3 is 0 Å². The van der Waals surface area contributed by atoms with Gasteiger partial charge in [0.25, 0.3) is 0 Å². The first-order chi connectivity index (χ1) is 9.52. The summed E-state index contributed by atoms with van der Waals surface area (Å²) in [6.07, 6.45) is 0. The molecule has 0 bridgehead atoms. The first-order valence-electron chi connectivity index (χ1n) is 6.55. The minimum absolute atomic E-state index is 0.0489. The molecule has 2 rings (SSSR count). The van der Waals surface area contributed by atoms with E-state index in [4.69, 9.17) is 16.3 Å². The lowest BCUT2D eigenvalue weighted by molar-refractivity contribution is -0.120. The zero-order chi connectivity index (χ0) is 14.7. The van der Waals surface area contributed by atoms with Crippen LogP contribution in [0.25, 0.3) is 0 Å². The molecule has 0 aliphatic carbocycles. The smallest absolute Gasteiger partial charge is 0.231 e. The second-order valence-corrected chi connectivity index (χ2v) is 5.52. The van der Waals surface area contributed by atoms with Gasteiger partial charge in [0.15, 0.2) is 0 Å². The van der Waals surface area contributed by atoms with E-state index < -0.39 is 0 Å². The van der Waals surface area contributed by atoms with Crippen LogP contribution in [0.1, 0.15) is 0 Å². The number of benzene rings is 1. The molecule has 0 spiro atoms. The minimum Gasteiger partial charge on any atom is -0.379 e. The molecule has 0 aromatic heterocycles. The number of nitrogens with zero attached hydrogens (tertiary/aromatic N) is 1. The number of anilines is 2. The van der Waals surface area contributed by atoms with Gasteiger partial charge in [0.1, 0.15) is 0 Å². The van der Waals surface area contributed by atoms with Crippen LogP contribution >= 0.6 is 11.6 Å². The Morgan fingerprint density at radius 2 is 2.15 bits per heavy atom. The lowest BCUT2D eigenvalue weighted by atomic mass is 10.0. The highest BCUT2D eigenvalue weighted by Crippen LogP contribution is 2.28. The van der Waals surface area contributed by atoms with Gasteiger partial charge in [-0.15, -0.1) is 0 Å². The second-order valence-electron chi connectivity index (χ2n) is 5.08. The standard InChI is InChI=1S/C14H20ClN3O2/c1-16-12-8-20-7-10(12)14(19)17-11-6-9(15)4-5-13(11)18(2)3/h4-6,10,12,16H,7-8H2,1-3H3,(H,17,19). The normalized spacial score (nSPS) is 21.8. The van der Waals surface area contributed by atoms with E-state index in [0.29, 0.717) is 23.9 Å². The summed E-state index contributed by atoms with van der Waals surface area (Å²) in [6, 6.07) is 5.51. The number of hydrogen-bond acceptors (Lipinski definition) is 4. The monoisotopic (exact) mass is 297 g/mol. The summed E-state index contributed by atoms with van der Waals surface area (Å²) >= 11 is 6.01. The largest absolute Gasteiger partial charge is 0.379 e. The third-order valence-corrected chi connectivity index (χ3v) is 3.72. The van der Waals surface area contributed by atoms with Crippen LogP contribution < -0.4 is 15.5 Å². The fourth-order valence-electron chi connectivity index (χ4n) is 2.32. The number of hydrogen-bond donors (Lipinski definition) is 2. The highest BCUT2D eigenvalue weighted by Gasteiger charge is 2.33. The Morgan fingerprint density at radius 3 is 2.80 bits per heavy atom. The fraction of sp³-hybridized carbons (Fsp3) is 0.500. The van der Waals surface area contributed by atoms with Gasteiger partial charge in [0.2, 0.25) is 5.91 Å². The molecule has 1 aliphatic heterocycles. The Balaban J connectivity index is 2.17. The molecule has 2 unspecified atom stereocenters. The maximum atomic E-state index is 12.4. The van der Waals surface area contributed by atoms with Crippen molar-refractivity contribution >= 4 is 28.9 Å². The minimum atomic E-state index is -0.186. The summed E-state index contributed by atoms with van der Waals surface area (Å²) in [5.41, 5.74) is 1.64. The van der Waals surface area contributed by atoms with Crippen molar-refractivity contribution in [1.29, 1.82) is 0 Å². The number of likely N-dealkylation sites (N-methyl/N-ethyl adjacent to an activating group) is 1. The topological polar surface area (TPSA) is 53.6 Å². The Morgan fingerprint density at radius 1 is 1.40 bits per heavy atom. The van der Waals surface area contributed by atoms with Crippen molar-refractivity contribution in [3.05, 3.63) is 23.2 Å². The molecule has 1 amide bonds. The van der Waals surface area contributed by atoms with E-state index in [9.17, 15) is 4.79 Å². The van der Waals surface area contributed by atoms with Crippen LogP contribution in [0.3, 0.4) is 0 Å². The van der Waals surface area contributed by atoms with Crippen molar-refractivity contribution in [2.75, 3.05) is 44.6 Å². The highest BCUT2D eigenvalue weighted by molar-refractivity contribution is 6.31. The van der Waals surface area contributed by atoms with Crippen molar-refractivity contribution in [2.45, 2.75) is 6.04 Å². The average molecular weight is 298 g/mol. The zero-order valence-electron chi connectivity index (χ0n) is 11.9. The first kappa shape index (κ1) is 15.1. The molecule has 2 atom stereocenters. The summed E-state index contributed by atoms with van der Waals surface area (Å²) in [7, 11) is 5.69. The number of halogens is 1. The van der Waals surface area contributed by atoms with E-state index in [2.05, 4.69) is 10.6 Å². The quantitative estimate of drug-likeness (QED) is 0.886. The molecule has 2 N–H and O–H groups in total. The van der Waals surface area contributed by atoms with Crippen LogP contribution in [0.4, 0.5) is 11.4 Å². The molecule has 1 heterocycles. The van der Waals surface area contributed by atoms with E-state index in [-0.39, 0.29) is 17.9 Å². The van der Waals surface area contributed by atoms with Crippen LogP contribution in [0.5, 0.6) is 0 Å². The molecular formula is C14H20ClN3O2. The molecule has 1 aromatic carbocycles. The van der Waals surface area contributed by atoms with Gasteiger partial charge in [-0.2, -0.15) is 0 Å². The van der Waals surface area contributed by atoms with Crippen molar-refractivity contribution in [1.82, 2.24) is 5.32 Å². The van der Waals surface area contributed by atoms with E-state index in [1.807, 2.05) is 38.2 Å². The molecule has 5 nitrogen and oxygen atoms in total. The van der Waals surface area contributed by atoms with Gasteiger partial charge in [0.05, 0.1) is 30.5 Å². The molecule has 1 fully saturated rings. The maximum Gasteiger partial charge on any atom is 0.231 e. The number of ether oxygens (including phenoxy) is 1. The van der Waals surface area contributed by atoms with Crippen LogP contribution in [0, 0.1) is 5.92 Å². The fourth-order valence-corrected chi connectivity index (χ4v) is 2.49. The average Bonchev–Trinajstić information content (AvgIpc) is 2.86. The molecule has 1 aromatic rings. The lowest BCUT2D eigenvalue weighted by Gasteiger charge is -2.21. The van der Waals surface area contributed by atoms with Crippen LogP contribution in [0.15, 0.2) is 18.2 Å². The number of carbonyl (C=O) groups excluding carboxylic acids is 1. The van der Waals surface area contributed by atoms with E-state index >= 15 is 0 Å².